The van der Waals surface area contributed by atoms with E-state index in [1.807, 2.05) is 25.1 Å². The monoisotopic (exact) mass is 263 g/mol. The summed E-state index contributed by atoms with van der Waals surface area (Å²) in [6.45, 7) is 4.59. The number of carbonyl (C=O) groups is 2. The average Bonchev–Trinajstić information content (AvgIpc) is 2.82. The van der Waals surface area contributed by atoms with Crippen LogP contribution >= 0.6 is 0 Å². The first kappa shape index (κ1) is 13.4. The van der Waals surface area contributed by atoms with Gasteiger partial charge in [0, 0.05) is 13.1 Å². The SMILES string of the molecule is CCN(Cc1ccc2c(c1)OCO2)C(=O)CC(C)=O. The molecule has 0 fully saturated rings. The molecule has 0 radical (unpaired) electrons. The standard InChI is InChI=1S/C14H17NO4/c1-3-15(14(17)6-10(2)16)8-11-4-5-12-13(7-11)19-9-18-12/h4-5,7H,3,6,8-9H2,1-2H3. The summed E-state index contributed by atoms with van der Waals surface area (Å²) < 4.78 is 10.5. The van der Waals surface area contributed by atoms with Gasteiger partial charge in [-0.15, -0.1) is 0 Å². The molecule has 1 aliphatic rings. The van der Waals surface area contributed by atoms with Crippen molar-refractivity contribution in [1.82, 2.24) is 4.90 Å². The third kappa shape index (κ3) is 3.24. The molecule has 0 unspecified atom stereocenters. The molecule has 1 heterocycles. The van der Waals surface area contributed by atoms with Crippen molar-refractivity contribution in [2.45, 2.75) is 26.8 Å². The Morgan fingerprint density at radius 2 is 2.00 bits per heavy atom. The fourth-order valence-corrected chi connectivity index (χ4v) is 1.96. The smallest absolute Gasteiger partial charge is 0.231 e. The van der Waals surface area contributed by atoms with E-state index in [0.717, 1.165) is 11.3 Å². The summed E-state index contributed by atoms with van der Waals surface area (Å²) in [6.07, 6.45) is -0.0433. The number of rotatable bonds is 5. The number of carbonyl (C=O) groups excluding carboxylic acids is 2. The fraction of sp³-hybridized carbons (Fsp3) is 0.429. The van der Waals surface area contributed by atoms with Crippen molar-refractivity contribution in [3.05, 3.63) is 23.8 Å². The zero-order valence-corrected chi connectivity index (χ0v) is 11.1. The van der Waals surface area contributed by atoms with Gasteiger partial charge in [0.25, 0.3) is 0 Å². The number of benzene rings is 1. The van der Waals surface area contributed by atoms with Crippen molar-refractivity contribution in [1.29, 1.82) is 0 Å². The molecule has 19 heavy (non-hydrogen) atoms. The van der Waals surface area contributed by atoms with Crippen LogP contribution in [0.25, 0.3) is 0 Å². The molecule has 0 saturated heterocycles. The average molecular weight is 263 g/mol. The van der Waals surface area contributed by atoms with Crippen molar-refractivity contribution in [2.75, 3.05) is 13.3 Å². The number of hydrogen-bond donors (Lipinski definition) is 0. The summed E-state index contributed by atoms with van der Waals surface area (Å²) in [7, 11) is 0. The number of nitrogens with zero attached hydrogens (tertiary/aromatic N) is 1. The Hall–Kier alpha value is -2.04. The lowest BCUT2D eigenvalue weighted by Gasteiger charge is -2.20. The van der Waals surface area contributed by atoms with Crippen molar-refractivity contribution in [3.63, 3.8) is 0 Å². The normalized spacial score (nSPS) is 12.3. The van der Waals surface area contributed by atoms with Crippen molar-refractivity contribution < 1.29 is 19.1 Å². The molecule has 1 amide bonds. The van der Waals surface area contributed by atoms with E-state index in [4.69, 9.17) is 9.47 Å². The molecule has 1 aromatic rings. The number of ether oxygens (including phenoxy) is 2. The summed E-state index contributed by atoms with van der Waals surface area (Å²) in [6, 6.07) is 5.60. The minimum absolute atomic E-state index is 0.0433. The van der Waals surface area contributed by atoms with E-state index < -0.39 is 0 Å². The van der Waals surface area contributed by atoms with E-state index in [1.54, 1.807) is 4.90 Å². The first-order chi connectivity index (χ1) is 9.10. The minimum Gasteiger partial charge on any atom is -0.454 e. The summed E-state index contributed by atoms with van der Waals surface area (Å²) in [5.74, 6) is 1.16. The van der Waals surface area contributed by atoms with Crippen LogP contribution in [0.15, 0.2) is 18.2 Å². The third-order valence-electron chi connectivity index (χ3n) is 2.95. The lowest BCUT2D eigenvalue weighted by Crippen LogP contribution is -2.31. The lowest BCUT2D eigenvalue weighted by atomic mass is 10.1. The summed E-state index contributed by atoms with van der Waals surface area (Å²) in [5, 5.41) is 0. The third-order valence-corrected chi connectivity index (χ3v) is 2.95. The van der Waals surface area contributed by atoms with Crippen LogP contribution in [0.3, 0.4) is 0 Å². The Morgan fingerprint density at radius 1 is 1.26 bits per heavy atom. The quantitative estimate of drug-likeness (QED) is 0.759. The van der Waals surface area contributed by atoms with E-state index in [1.165, 1.54) is 6.92 Å². The molecule has 2 rings (SSSR count). The first-order valence-electron chi connectivity index (χ1n) is 6.26. The van der Waals surface area contributed by atoms with Crippen molar-refractivity contribution in [3.8, 4) is 11.5 Å². The van der Waals surface area contributed by atoms with Crippen LogP contribution in [0.4, 0.5) is 0 Å². The Labute approximate surface area is 112 Å². The zero-order chi connectivity index (χ0) is 13.8. The van der Waals surface area contributed by atoms with Crippen molar-refractivity contribution >= 4 is 11.7 Å². The van der Waals surface area contributed by atoms with E-state index in [9.17, 15) is 9.59 Å². The maximum Gasteiger partial charge on any atom is 0.231 e. The molecule has 0 bridgehead atoms. The number of fused-ring (bicyclic) bond motifs is 1. The van der Waals surface area contributed by atoms with Gasteiger partial charge in [-0.25, -0.2) is 0 Å². The zero-order valence-electron chi connectivity index (χ0n) is 11.1. The van der Waals surface area contributed by atoms with Gasteiger partial charge in [-0.05, 0) is 31.5 Å². The van der Waals surface area contributed by atoms with Crippen LogP contribution in [0, 0.1) is 0 Å². The molecule has 1 aromatic carbocycles. The molecule has 5 heteroatoms. The summed E-state index contributed by atoms with van der Waals surface area (Å²) >= 11 is 0. The summed E-state index contributed by atoms with van der Waals surface area (Å²) in [4.78, 5) is 24.5. The van der Waals surface area contributed by atoms with Gasteiger partial charge in [0.05, 0.1) is 6.42 Å². The van der Waals surface area contributed by atoms with Gasteiger partial charge in [0.2, 0.25) is 12.7 Å². The van der Waals surface area contributed by atoms with Gasteiger partial charge in [-0.1, -0.05) is 6.07 Å². The maximum atomic E-state index is 11.9. The van der Waals surface area contributed by atoms with Crippen LogP contribution in [-0.4, -0.2) is 29.9 Å². The van der Waals surface area contributed by atoms with E-state index in [2.05, 4.69) is 0 Å². The van der Waals surface area contributed by atoms with Gasteiger partial charge in [0.1, 0.15) is 5.78 Å². The predicted molar refractivity (Wildman–Crippen MR) is 69.0 cm³/mol. The van der Waals surface area contributed by atoms with Crippen LogP contribution < -0.4 is 9.47 Å². The van der Waals surface area contributed by atoms with Crippen molar-refractivity contribution in [2.24, 2.45) is 0 Å². The highest BCUT2D eigenvalue weighted by Gasteiger charge is 2.17. The highest BCUT2D eigenvalue weighted by Crippen LogP contribution is 2.32. The Balaban J connectivity index is 2.06. The topological polar surface area (TPSA) is 55.8 Å². The molecule has 0 aromatic heterocycles. The predicted octanol–water partition coefficient (Wildman–Crippen LogP) is 1.74. The molecular formula is C14H17NO4. The lowest BCUT2D eigenvalue weighted by molar-refractivity contribution is -0.135. The fourth-order valence-electron chi connectivity index (χ4n) is 1.96. The molecular weight excluding hydrogens is 246 g/mol. The van der Waals surface area contributed by atoms with E-state index in [-0.39, 0.29) is 24.9 Å². The number of amides is 1. The van der Waals surface area contributed by atoms with E-state index >= 15 is 0 Å². The second kappa shape index (κ2) is 5.73. The largest absolute Gasteiger partial charge is 0.454 e. The van der Waals surface area contributed by atoms with Gasteiger partial charge in [-0.2, -0.15) is 0 Å². The molecule has 0 spiro atoms. The number of ketones is 1. The summed E-state index contributed by atoms with van der Waals surface area (Å²) in [5.41, 5.74) is 0.961. The highest BCUT2D eigenvalue weighted by atomic mass is 16.7. The van der Waals surface area contributed by atoms with Gasteiger partial charge in [-0.3, -0.25) is 9.59 Å². The maximum absolute atomic E-state index is 11.9. The second-order valence-electron chi connectivity index (χ2n) is 4.47. The molecule has 0 aliphatic carbocycles. The van der Waals surface area contributed by atoms with Gasteiger partial charge in [0.15, 0.2) is 11.5 Å². The molecule has 0 saturated carbocycles. The van der Waals surface area contributed by atoms with E-state index in [0.29, 0.717) is 18.8 Å². The molecule has 5 nitrogen and oxygen atoms in total. The van der Waals surface area contributed by atoms with Crippen LogP contribution in [0.5, 0.6) is 11.5 Å². The number of hydrogen-bond acceptors (Lipinski definition) is 4. The van der Waals surface area contributed by atoms with Crippen LogP contribution in [0.1, 0.15) is 25.8 Å². The Kier molecular flexibility index (Phi) is 4.04. The van der Waals surface area contributed by atoms with Gasteiger partial charge < -0.3 is 14.4 Å². The number of Topliss-reactive ketones (excluding diaryl/α,β-unsaturated/α-hetero) is 1. The van der Waals surface area contributed by atoms with Gasteiger partial charge >= 0.3 is 0 Å². The first-order valence-corrected chi connectivity index (χ1v) is 6.26. The molecule has 0 atom stereocenters. The Morgan fingerprint density at radius 3 is 2.68 bits per heavy atom. The molecule has 0 N–H and O–H groups in total. The minimum atomic E-state index is -0.146. The highest BCUT2D eigenvalue weighted by molar-refractivity contribution is 5.96. The van der Waals surface area contributed by atoms with Crippen LogP contribution in [0.2, 0.25) is 0 Å². The second-order valence-corrected chi connectivity index (χ2v) is 4.47. The molecule has 102 valence electrons. The van der Waals surface area contributed by atoms with Crippen LogP contribution in [-0.2, 0) is 16.1 Å². The molecule has 1 aliphatic heterocycles. The Bertz CT molecular complexity index is 498.